The van der Waals surface area contributed by atoms with Crippen molar-refractivity contribution in [1.29, 1.82) is 10.0 Å². The summed E-state index contributed by atoms with van der Waals surface area (Å²) in [4.78, 5) is 13.2. The lowest BCUT2D eigenvalue weighted by Crippen LogP contribution is -2.33. The number of carbonyl (C=O) groups excluding carboxylic acids is 1. The van der Waals surface area contributed by atoms with Crippen LogP contribution in [-0.4, -0.2) is 20.7 Å². The molecule has 4 rings (SSSR count). The molecule has 0 saturated heterocycles. The van der Waals surface area contributed by atoms with E-state index in [2.05, 4.69) is 10.0 Å². The van der Waals surface area contributed by atoms with E-state index in [1.54, 1.807) is 25.3 Å². The Bertz CT molecular complexity index is 1370. The minimum Gasteiger partial charge on any atom is -0.345 e. The van der Waals surface area contributed by atoms with E-state index < -0.39 is 21.6 Å². The van der Waals surface area contributed by atoms with Crippen molar-refractivity contribution in [3.05, 3.63) is 89.0 Å². The summed E-state index contributed by atoms with van der Waals surface area (Å²) >= 11 is 0. The molecule has 0 bridgehead atoms. The molecule has 2 atom stereocenters. The van der Waals surface area contributed by atoms with Gasteiger partial charge < -0.3 is 9.88 Å². The largest absolute Gasteiger partial charge is 0.345 e. The van der Waals surface area contributed by atoms with Crippen molar-refractivity contribution in [3.63, 3.8) is 0 Å². The predicted octanol–water partition coefficient (Wildman–Crippen LogP) is 3.84. The van der Waals surface area contributed by atoms with E-state index in [1.807, 2.05) is 30.3 Å². The second-order valence-corrected chi connectivity index (χ2v) is 9.24. The van der Waals surface area contributed by atoms with Gasteiger partial charge in [-0.2, -0.15) is 5.26 Å². The predicted molar refractivity (Wildman–Crippen MR) is 120 cm³/mol. The second kappa shape index (κ2) is 8.42. The van der Waals surface area contributed by atoms with Gasteiger partial charge in [0, 0.05) is 30.5 Å². The topological polar surface area (TPSA) is 111 Å². The molecule has 7 nitrogen and oxygen atoms in total. The Morgan fingerprint density at radius 3 is 2.78 bits per heavy atom. The maximum Gasteiger partial charge on any atom is 0.272 e. The molecule has 0 spiro atoms. The van der Waals surface area contributed by atoms with Crippen molar-refractivity contribution in [3.8, 4) is 6.07 Å². The third kappa shape index (κ3) is 4.19. The van der Waals surface area contributed by atoms with Gasteiger partial charge in [0.05, 0.1) is 10.5 Å². The Morgan fingerprint density at radius 2 is 2.06 bits per heavy atom. The standard InChI is InChI=1S/C23H20FN5O2S/c1-29-14-21-19(22(29)23(30)27-17-8-10-20(24)16(12-17)13-25)9-7-18(28-32(21,26)31)11-15-5-3-2-4-6-15/h2-10,12,14,18H,11H2,1H3,(H,27,30)(H2,26,28,31)/t18-,32?/m1/s1. The molecule has 0 fully saturated rings. The highest BCUT2D eigenvalue weighted by Crippen LogP contribution is 2.28. The van der Waals surface area contributed by atoms with E-state index in [9.17, 15) is 13.4 Å². The minimum atomic E-state index is -3.38. The first kappa shape index (κ1) is 21.5. The Hall–Kier alpha value is -3.74. The molecule has 1 unspecified atom stereocenters. The van der Waals surface area contributed by atoms with Gasteiger partial charge >= 0.3 is 0 Å². The van der Waals surface area contributed by atoms with Crippen LogP contribution in [0.5, 0.6) is 0 Å². The first-order valence-electron chi connectivity index (χ1n) is 9.77. The van der Waals surface area contributed by atoms with E-state index in [4.69, 9.17) is 10.0 Å². The summed E-state index contributed by atoms with van der Waals surface area (Å²) in [7, 11) is -1.75. The number of hydrogen-bond donors (Lipinski definition) is 3. The highest BCUT2D eigenvalue weighted by atomic mass is 32.2. The van der Waals surface area contributed by atoms with Crippen LogP contribution < -0.4 is 10.0 Å². The zero-order valence-corrected chi connectivity index (χ0v) is 17.9. The van der Waals surface area contributed by atoms with Crippen molar-refractivity contribution in [2.24, 2.45) is 7.05 Å². The molecule has 1 amide bonds. The van der Waals surface area contributed by atoms with Crippen LogP contribution in [0, 0.1) is 21.9 Å². The zero-order chi connectivity index (χ0) is 22.9. The molecule has 2 heterocycles. The third-order valence-corrected chi connectivity index (χ3v) is 6.74. The summed E-state index contributed by atoms with van der Waals surface area (Å²) in [6.07, 6.45) is 5.55. The van der Waals surface area contributed by atoms with Gasteiger partial charge in [0.1, 0.15) is 27.5 Å². The van der Waals surface area contributed by atoms with Crippen LogP contribution in [0.3, 0.4) is 0 Å². The number of amides is 1. The van der Waals surface area contributed by atoms with Gasteiger partial charge in [-0.05, 0) is 30.2 Å². The Morgan fingerprint density at radius 1 is 1.31 bits per heavy atom. The molecule has 9 heteroatoms. The number of nitriles is 1. The molecule has 0 radical (unpaired) electrons. The number of anilines is 1. The third-order valence-electron chi connectivity index (χ3n) is 5.16. The number of rotatable bonds is 4. The molecule has 162 valence electrons. The van der Waals surface area contributed by atoms with Gasteiger partial charge in [-0.3, -0.25) is 4.79 Å². The number of halogens is 1. The highest BCUT2D eigenvalue weighted by Gasteiger charge is 2.28. The van der Waals surface area contributed by atoms with Crippen LogP contribution in [-0.2, 0) is 23.4 Å². The van der Waals surface area contributed by atoms with Gasteiger partial charge in [0.25, 0.3) is 5.91 Å². The van der Waals surface area contributed by atoms with Crippen molar-refractivity contribution in [2.45, 2.75) is 17.4 Å². The van der Waals surface area contributed by atoms with Crippen LogP contribution in [0.15, 0.2) is 65.7 Å². The number of hydrogen-bond acceptors (Lipinski definition) is 4. The quantitative estimate of drug-likeness (QED) is 0.563. The molecule has 0 aliphatic carbocycles. The molecule has 1 aromatic heterocycles. The number of aromatic nitrogens is 1. The fourth-order valence-electron chi connectivity index (χ4n) is 3.67. The summed E-state index contributed by atoms with van der Waals surface area (Å²) in [5.41, 5.74) is 1.69. The number of benzene rings is 2. The normalized spacial score (nSPS) is 19.6. The zero-order valence-electron chi connectivity index (χ0n) is 17.1. The Kier molecular flexibility index (Phi) is 5.65. The van der Waals surface area contributed by atoms with Gasteiger partial charge in [-0.1, -0.05) is 42.5 Å². The molecule has 3 N–H and O–H groups in total. The van der Waals surface area contributed by atoms with Crippen molar-refractivity contribution in [2.75, 3.05) is 5.32 Å². The average molecular weight is 450 g/mol. The Labute approximate surface area is 185 Å². The highest BCUT2D eigenvalue weighted by molar-refractivity contribution is 7.90. The van der Waals surface area contributed by atoms with E-state index in [-0.39, 0.29) is 27.9 Å². The van der Waals surface area contributed by atoms with Crippen LogP contribution in [0.2, 0.25) is 0 Å². The van der Waals surface area contributed by atoms with Gasteiger partial charge in [0.2, 0.25) is 0 Å². The van der Waals surface area contributed by atoms with Crippen molar-refractivity contribution in [1.82, 2.24) is 9.29 Å². The number of aryl methyl sites for hydroxylation is 1. The lowest BCUT2D eigenvalue weighted by Gasteiger charge is -2.15. The van der Waals surface area contributed by atoms with Crippen molar-refractivity contribution >= 4 is 27.6 Å². The molecule has 3 aromatic rings. The van der Waals surface area contributed by atoms with Gasteiger partial charge in [0.15, 0.2) is 0 Å². The number of carbonyl (C=O) groups is 1. The van der Waals surface area contributed by atoms with E-state index >= 15 is 0 Å². The molecule has 1 aliphatic heterocycles. The number of nitrogens with one attached hydrogen (secondary N) is 3. The summed E-state index contributed by atoms with van der Waals surface area (Å²) in [5.74, 6) is -1.20. The number of nitrogens with zero attached hydrogens (tertiary/aromatic N) is 2. The van der Waals surface area contributed by atoms with E-state index in [0.29, 0.717) is 12.0 Å². The maximum absolute atomic E-state index is 13.6. The van der Waals surface area contributed by atoms with Gasteiger partial charge in [-0.25, -0.2) is 18.1 Å². The maximum atomic E-state index is 13.6. The fourth-order valence-corrected chi connectivity index (χ4v) is 5.17. The minimum absolute atomic E-state index is 0.185. The molecule has 2 aromatic carbocycles. The van der Waals surface area contributed by atoms with Crippen LogP contribution in [0.1, 0.15) is 27.2 Å². The monoisotopic (exact) mass is 449 g/mol. The smallest absolute Gasteiger partial charge is 0.272 e. The average Bonchev–Trinajstić information content (AvgIpc) is 3.05. The molecular formula is C23H20FN5O2S. The SMILES string of the molecule is Cn1cc2c(c1C(=O)Nc1ccc(F)c(C#N)c1)C=C[C@H](Cc1ccccc1)NS2(=N)=O. The van der Waals surface area contributed by atoms with Crippen LogP contribution >= 0.6 is 0 Å². The van der Waals surface area contributed by atoms with Crippen LogP contribution in [0.4, 0.5) is 10.1 Å². The first-order valence-corrected chi connectivity index (χ1v) is 11.3. The Balaban J connectivity index is 1.67. The molecule has 0 saturated carbocycles. The van der Waals surface area contributed by atoms with Crippen LogP contribution in [0.25, 0.3) is 6.08 Å². The molecule has 1 aliphatic rings. The first-order chi connectivity index (χ1) is 15.3. The number of fused-ring (bicyclic) bond motifs is 1. The molecule has 32 heavy (non-hydrogen) atoms. The molecular weight excluding hydrogens is 429 g/mol. The van der Waals surface area contributed by atoms with Gasteiger partial charge in [-0.15, -0.1) is 0 Å². The summed E-state index contributed by atoms with van der Waals surface area (Å²) < 4.78 is 39.6. The lowest BCUT2D eigenvalue weighted by molar-refractivity contribution is 0.101. The summed E-state index contributed by atoms with van der Waals surface area (Å²) in [5, 5.41) is 11.7. The fraction of sp³-hybridized carbons (Fsp3) is 0.130. The van der Waals surface area contributed by atoms with E-state index in [1.165, 1.54) is 22.9 Å². The lowest BCUT2D eigenvalue weighted by atomic mass is 10.1. The second-order valence-electron chi connectivity index (χ2n) is 7.46. The van der Waals surface area contributed by atoms with E-state index in [0.717, 1.165) is 11.6 Å². The van der Waals surface area contributed by atoms with Crippen molar-refractivity contribution < 1.29 is 13.4 Å². The summed E-state index contributed by atoms with van der Waals surface area (Å²) in [6, 6.07) is 14.7. The summed E-state index contributed by atoms with van der Waals surface area (Å²) in [6.45, 7) is 0.